The summed E-state index contributed by atoms with van der Waals surface area (Å²) >= 11 is 0.795. The molecular formula is C13H14F3N3O2S. The third kappa shape index (κ3) is 3.65. The lowest BCUT2D eigenvalue weighted by molar-refractivity contribution is -0.207. The highest BCUT2D eigenvalue weighted by Crippen LogP contribution is 2.37. The molecule has 120 valence electrons. The fourth-order valence-electron chi connectivity index (χ4n) is 1.65. The SMILES string of the molecule is Cc1csc([C@H](OC(=O)c2cc(C(C)C)[nH]n2)C(F)(F)F)n1. The number of nitrogens with zero attached hydrogens (tertiary/aromatic N) is 2. The van der Waals surface area contributed by atoms with Crippen LogP contribution < -0.4 is 0 Å². The third-order valence-corrected chi connectivity index (χ3v) is 3.82. The molecule has 0 radical (unpaired) electrons. The Morgan fingerprint density at radius 2 is 2.09 bits per heavy atom. The van der Waals surface area contributed by atoms with Crippen LogP contribution in [0.1, 0.15) is 52.8 Å². The number of hydrogen-bond acceptors (Lipinski definition) is 5. The van der Waals surface area contributed by atoms with Gasteiger partial charge in [-0.1, -0.05) is 13.8 Å². The van der Waals surface area contributed by atoms with Crippen LogP contribution in [0.15, 0.2) is 11.4 Å². The normalized spacial score (nSPS) is 13.4. The molecule has 0 aliphatic carbocycles. The Labute approximate surface area is 128 Å². The summed E-state index contributed by atoms with van der Waals surface area (Å²) in [6, 6.07) is 1.38. The molecule has 9 heteroatoms. The number of aromatic nitrogens is 3. The number of rotatable bonds is 4. The van der Waals surface area contributed by atoms with Gasteiger partial charge in [-0.15, -0.1) is 11.3 Å². The molecule has 1 atom stereocenters. The van der Waals surface area contributed by atoms with Gasteiger partial charge in [-0.05, 0) is 18.9 Å². The first kappa shape index (κ1) is 16.5. The maximum absolute atomic E-state index is 13.1. The van der Waals surface area contributed by atoms with Gasteiger partial charge in [-0.2, -0.15) is 18.3 Å². The minimum Gasteiger partial charge on any atom is -0.440 e. The van der Waals surface area contributed by atoms with Crippen molar-refractivity contribution in [3.63, 3.8) is 0 Å². The molecule has 5 nitrogen and oxygen atoms in total. The van der Waals surface area contributed by atoms with Crippen LogP contribution in [-0.2, 0) is 4.74 Å². The van der Waals surface area contributed by atoms with E-state index in [1.807, 2.05) is 13.8 Å². The molecule has 2 rings (SSSR count). The number of halogens is 3. The zero-order chi connectivity index (χ0) is 16.5. The van der Waals surface area contributed by atoms with Crippen LogP contribution >= 0.6 is 11.3 Å². The fourth-order valence-corrected chi connectivity index (χ4v) is 2.50. The lowest BCUT2D eigenvalue weighted by Crippen LogP contribution is -2.26. The Bertz CT molecular complexity index is 664. The number of ether oxygens (including phenoxy) is 1. The topological polar surface area (TPSA) is 67.9 Å². The second-order valence-corrected chi connectivity index (χ2v) is 5.91. The zero-order valence-corrected chi connectivity index (χ0v) is 12.9. The second kappa shape index (κ2) is 6.07. The first-order valence-electron chi connectivity index (χ1n) is 6.43. The smallest absolute Gasteiger partial charge is 0.432 e. The summed E-state index contributed by atoms with van der Waals surface area (Å²) < 4.78 is 43.9. The number of carbonyl (C=O) groups excluding carboxylic acids is 1. The number of aryl methyl sites for hydroxylation is 1. The van der Waals surface area contributed by atoms with Crippen molar-refractivity contribution in [2.75, 3.05) is 0 Å². The number of carbonyl (C=O) groups is 1. The molecule has 0 spiro atoms. The van der Waals surface area contributed by atoms with Gasteiger partial charge in [-0.3, -0.25) is 5.10 Å². The van der Waals surface area contributed by atoms with E-state index in [-0.39, 0.29) is 16.6 Å². The predicted molar refractivity (Wildman–Crippen MR) is 73.7 cm³/mol. The Kier molecular flexibility index (Phi) is 4.55. The lowest BCUT2D eigenvalue weighted by atomic mass is 10.1. The Balaban J connectivity index is 2.21. The van der Waals surface area contributed by atoms with Gasteiger partial charge >= 0.3 is 12.1 Å². The van der Waals surface area contributed by atoms with E-state index in [4.69, 9.17) is 0 Å². The molecule has 0 aromatic carbocycles. The molecule has 0 unspecified atom stereocenters. The molecule has 2 aromatic rings. The summed E-state index contributed by atoms with van der Waals surface area (Å²) in [5.41, 5.74) is 0.888. The minimum atomic E-state index is -4.74. The summed E-state index contributed by atoms with van der Waals surface area (Å²) in [5, 5.41) is 7.44. The molecule has 0 saturated heterocycles. The van der Waals surface area contributed by atoms with E-state index in [0.29, 0.717) is 11.4 Å². The zero-order valence-electron chi connectivity index (χ0n) is 12.1. The van der Waals surface area contributed by atoms with Crippen LogP contribution in [0.2, 0.25) is 0 Å². The summed E-state index contributed by atoms with van der Waals surface area (Å²) in [7, 11) is 0. The Morgan fingerprint density at radius 1 is 1.41 bits per heavy atom. The largest absolute Gasteiger partial charge is 0.440 e. The van der Waals surface area contributed by atoms with Crippen molar-refractivity contribution in [3.8, 4) is 0 Å². The van der Waals surface area contributed by atoms with Crippen molar-refractivity contribution < 1.29 is 22.7 Å². The quantitative estimate of drug-likeness (QED) is 0.865. The number of nitrogens with one attached hydrogen (secondary N) is 1. The highest BCUT2D eigenvalue weighted by atomic mass is 32.1. The van der Waals surface area contributed by atoms with E-state index in [1.165, 1.54) is 11.4 Å². The van der Waals surface area contributed by atoms with Gasteiger partial charge in [0.1, 0.15) is 5.01 Å². The third-order valence-electron chi connectivity index (χ3n) is 2.81. The Hall–Kier alpha value is -1.90. The summed E-state index contributed by atoms with van der Waals surface area (Å²) in [6.45, 7) is 5.29. The van der Waals surface area contributed by atoms with E-state index in [1.54, 1.807) is 6.92 Å². The van der Waals surface area contributed by atoms with Crippen molar-refractivity contribution in [1.82, 2.24) is 15.2 Å². The molecule has 0 amide bonds. The van der Waals surface area contributed by atoms with Gasteiger partial charge in [0.2, 0.25) is 6.10 Å². The van der Waals surface area contributed by atoms with E-state index in [9.17, 15) is 18.0 Å². The maximum Gasteiger partial charge on any atom is 0.432 e. The van der Waals surface area contributed by atoms with Crippen LogP contribution in [0.5, 0.6) is 0 Å². The van der Waals surface area contributed by atoms with Crippen LogP contribution in [0.4, 0.5) is 13.2 Å². The van der Waals surface area contributed by atoms with E-state index in [2.05, 4.69) is 19.9 Å². The first-order chi connectivity index (χ1) is 10.2. The summed E-state index contributed by atoms with van der Waals surface area (Å²) in [4.78, 5) is 15.6. The molecule has 1 N–H and O–H groups in total. The van der Waals surface area contributed by atoms with Crippen LogP contribution in [0.25, 0.3) is 0 Å². The maximum atomic E-state index is 13.1. The standard InChI is InChI=1S/C13H14F3N3O2S/c1-6(2)8-4-9(19-18-8)12(20)21-10(13(14,15)16)11-17-7(3)5-22-11/h4-6,10H,1-3H3,(H,18,19)/t10-/m0/s1. The summed E-state index contributed by atoms with van der Waals surface area (Å²) in [6.07, 6.45) is -7.13. The predicted octanol–water partition coefficient (Wildman–Crippen LogP) is 3.76. The first-order valence-corrected chi connectivity index (χ1v) is 7.31. The fraction of sp³-hybridized carbons (Fsp3) is 0.462. The van der Waals surface area contributed by atoms with Gasteiger partial charge in [0.25, 0.3) is 0 Å². The molecule has 2 heterocycles. The minimum absolute atomic E-state index is 0.0640. The number of H-pyrrole nitrogens is 1. The van der Waals surface area contributed by atoms with Crippen molar-refractivity contribution in [2.45, 2.75) is 39.0 Å². The number of thiazole rings is 1. The van der Waals surface area contributed by atoms with Crippen LogP contribution in [0.3, 0.4) is 0 Å². The van der Waals surface area contributed by atoms with Crippen molar-refractivity contribution in [3.05, 3.63) is 33.5 Å². The van der Waals surface area contributed by atoms with E-state index in [0.717, 1.165) is 11.3 Å². The molecule has 0 aliphatic rings. The highest BCUT2D eigenvalue weighted by molar-refractivity contribution is 7.09. The van der Waals surface area contributed by atoms with Crippen molar-refractivity contribution >= 4 is 17.3 Å². The number of esters is 1. The monoisotopic (exact) mass is 333 g/mol. The summed E-state index contributed by atoms with van der Waals surface area (Å²) in [5.74, 6) is -1.08. The van der Waals surface area contributed by atoms with Crippen LogP contribution in [-0.4, -0.2) is 27.3 Å². The van der Waals surface area contributed by atoms with Crippen molar-refractivity contribution in [2.24, 2.45) is 0 Å². The van der Waals surface area contributed by atoms with Gasteiger partial charge in [0, 0.05) is 16.8 Å². The van der Waals surface area contributed by atoms with Crippen LogP contribution in [0, 0.1) is 6.92 Å². The van der Waals surface area contributed by atoms with E-state index >= 15 is 0 Å². The molecule has 0 bridgehead atoms. The number of alkyl halides is 3. The van der Waals surface area contributed by atoms with Gasteiger partial charge in [0.05, 0.1) is 0 Å². The van der Waals surface area contributed by atoms with Gasteiger partial charge in [0.15, 0.2) is 5.69 Å². The lowest BCUT2D eigenvalue weighted by Gasteiger charge is -2.17. The molecular weight excluding hydrogens is 319 g/mol. The molecule has 0 saturated carbocycles. The highest BCUT2D eigenvalue weighted by Gasteiger charge is 2.46. The van der Waals surface area contributed by atoms with Gasteiger partial charge in [-0.25, -0.2) is 9.78 Å². The van der Waals surface area contributed by atoms with Crippen molar-refractivity contribution in [1.29, 1.82) is 0 Å². The van der Waals surface area contributed by atoms with Gasteiger partial charge < -0.3 is 4.74 Å². The average Bonchev–Trinajstić information content (AvgIpc) is 3.02. The average molecular weight is 333 g/mol. The molecule has 2 aromatic heterocycles. The number of hydrogen-bond donors (Lipinski definition) is 1. The molecule has 0 fully saturated rings. The van der Waals surface area contributed by atoms with E-state index < -0.39 is 18.2 Å². The Morgan fingerprint density at radius 3 is 2.55 bits per heavy atom. The number of aromatic amines is 1. The second-order valence-electron chi connectivity index (χ2n) is 5.02. The molecule has 0 aliphatic heterocycles. The molecule has 22 heavy (non-hydrogen) atoms.